The van der Waals surface area contributed by atoms with Crippen molar-refractivity contribution < 1.29 is 13.4 Å². The fraction of sp³-hybridized carbons (Fsp3) is 0.389. The zero-order valence-corrected chi connectivity index (χ0v) is 15.6. The molecular weight excluding hydrogens is 324 g/mol. The van der Waals surface area contributed by atoms with Crippen LogP contribution in [0.1, 0.15) is 35.6 Å². The molecule has 2 atom stereocenters. The molecule has 1 N–H and O–H groups in total. The van der Waals surface area contributed by atoms with Gasteiger partial charge in [0.25, 0.3) is 0 Å². The monoisotopic (exact) mass is 348 g/mol. The predicted octanol–water partition coefficient (Wildman–Crippen LogP) is 3.54. The maximum absolute atomic E-state index is 12.4. The number of carbonyl (C=O) groups is 1. The van der Waals surface area contributed by atoms with Gasteiger partial charge in [-0.3, -0.25) is 4.21 Å². The summed E-state index contributed by atoms with van der Waals surface area (Å²) >= 11 is 0. The summed E-state index contributed by atoms with van der Waals surface area (Å²) in [4.78, 5) is 14.8. The SMILES string of the molecule is Cc1cc(CNC(=O)N(C)[C@H](C)c2ccc([S@@](C)=O)cc2)c(C)o1. The third-order valence-electron chi connectivity index (χ3n) is 4.17. The van der Waals surface area contributed by atoms with E-state index in [1.807, 2.05) is 51.1 Å². The van der Waals surface area contributed by atoms with E-state index in [1.165, 1.54) is 0 Å². The number of furan rings is 1. The molecule has 0 saturated carbocycles. The molecule has 6 heteroatoms. The summed E-state index contributed by atoms with van der Waals surface area (Å²) < 4.78 is 16.9. The smallest absolute Gasteiger partial charge is 0.317 e. The summed E-state index contributed by atoms with van der Waals surface area (Å²) in [5, 5.41) is 2.91. The number of benzene rings is 1. The molecule has 2 amide bonds. The maximum atomic E-state index is 12.4. The van der Waals surface area contributed by atoms with Crippen LogP contribution < -0.4 is 5.32 Å². The largest absolute Gasteiger partial charge is 0.466 e. The van der Waals surface area contributed by atoms with Gasteiger partial charge < -0.3 is 14.6 Å². The van der Waals surface area contributed by atoms with Gasteiger partial charge in [-0.15, -0.1) is 0 Å². The molecule has 24 heavy (non-hydrogen) atoms. The molecule has 0 fully saturated rings. The summed E-state index contributed by atoms with van der Waals surface area (Å²) in [5.74, 6) is 1.67. The van der Waals surface area contributed by atoms with E-state index in [4.69, 9.17) is 4.42 Å². The highest BCUT2D eigenvalue weighted by atomic mass is 32.2. The van der Waals surface area contributed by atoms with Crippen LogP contribution >= 0.6 is 0 Å². The van der Waals surface area contributed by atoms with Crippen LogP contribution in [0.4, 0.5) is 4.79 Å². The van der Waals surface area contributed by atoms with Crippen molar-refractivity contribution in [1.29, 1.82) is 0 Å². The second-order valence-corrected chi connectivity index (χ2v) is 7.29. The number of rotatable bonds is 5. The van der Waals surface area contributed by atoms with Crippen molar-refractivity contribution >= 4 is 16.8 Å². The standard InChI is InChI=1S/C18H24N2O3S/c1-12-10-16(14(3)23-12)11-19-18(21)20(4)13(2)15-6-8-17(9-7-15)24(5)22/h6-10,13H,11H2,1-5H3,(H,19,21)/t13-,24-/m1/s1. The fourth-order valence-electron chi connectivity index (χ4n) is 2.49. The molecule has 0 radical (unpaired) electrons. The molecule has 0 aliphatic carbocycles. The van der Waals surface area contributed by atoms with E-state index in [2.05, 4.69) is 5.32 Å². The first kappa shape index (κ1) is 18.3. The van der Waals surface area contributed by atoms with Gasteiger partial charge in [-0.05, 0) is 44.5 Å². The Morgan fingerprint density at radius 3 is 2.42 bits per heavy atom. The second-order valence-electron chi connectivity index (χ2n) is 5.91. The first-order chi connectivity index (χ1) is 11.3. The summed E-state index contributed by atoms with van der Waals surface area (Å²) in [6, 6.07) is 9.20. The molecule has 2 rings (SSSR count). The Hall–Kier alpha value is -2.08. The highest BCUT2D eigenvalue weighted by molar-refractivity contribution is 7.84. The van der Waals surface area contributed by atoms with Crippen molar-refractivity contribution in [2.75, 3.05) is 13.3 Å². The Labute approximate surface area is 145 Å². The zero-order chi connectivity index (χ0) is 17.9. The molecule has 0 saturated heterocycles. The van der Waals surface area contributed by atoms with Crippen LogP contribution in [0.15, 0.2) is 39.6 Å². The van der Waals surface area contributed by atoms with Gasteiger partial charge >= 0.3 is 6.03 Å². The lowest BCUT2D eigenvalue weighted by Crippen LogP contribution is -2.38. The minimum atomic E-state index is -0.996. The molecule has 1 heterocycles. The Morgan fingerprint density at radius 1 is 1.29 bits per heavy atom. The quantitative estimate of drug-likeness (QED) is 0.899. The van der Waals surface area contributed by atoms with E-state index in [0.29, 0.717) is 6.54 Å². The van der Waals surface area contributed by atoms with E-state index in [1.54, 1.807) is 18.2 Å². The van der Waals surface area contributed by atoms with Gasteiger partial charge in [0.2, 0.25) is 0 Å². The van der Waals surface area contributed by atoms with Crippen molar-refractivity contribution in [3.05, 3.63) is 53.0 Å². The van der Waals surface area contributed by atoms with Gasteiger partial charge in [-0.2, -0.15) is 0 Å². The molecule has 0 aliphatic rings. The molecule has 1 aromatic carbocycles. The number of hydrogen-bond acceptors (Lipinski definition) is 3. The van der Waals surface area contributed by atoms with Crippen molar-refractivity contribution in [1.82, 2.24) is 10.2 Å². The van der Waals surface area contributed by atoms with Crippen molar-refractivity contribution in [2.45, 2.75) is 38.3 Å². The van der Waals surface area contributed by atoms with Crippen LogP contribution in [0.3, 0.4) is 0 Å². The Balaban J connectivity index is 1.98. The van der Waals surface area contributed by atoms with Crippen molar-refractivity contribution in [3.63, 3.8) is 0 Å². The van der Waals surface area contributed by atoms with Gasteiger partial charge in [-0.1, -0.05) is 12.1 Å². The molecule has 5 nitrogen and oxygen atoms in total. The lowest BCUT2D eigenvalue weighted by molar-refractivity contribution is 0.194. The molecular formula is C18H24N2O3S. The van der Waals surface area contributed by atoms with E-state index < -0.39 is 10.8 Å². The molecule has 2 aromatic rings. The summed E-state index contributed by atoms with van der Waals surface area (Å²) in [6.45, 7) is 6.18. The van der Waals surface area contributed by atoms with Crippen LogP contribution in [0.5, 0.6) is 0 Å². The van der Waals surface area contributed by atoms with Crippen molar-refractivity contribution in [3.8, 4) is 0 Å². The summed E-state index contributed by atoms with van der Waals surface area (Å²) in [6.07, 6.45) is 1.65. The highest BCUT2D eigenvalue weighted by Crippen LogP contribution is 2.20. The van der Waals surface area contributed by atoms with Gasteiger partial charge in [0, 0.05) is 41.1 Å². The highest BCUT2D eigenvalue weighted by Gasteiger charge is 2.18. The number of hydrogen-bond donors (Lipinski definition) is 1. The average Bonchev–Trinajstić information content (AvgIpc) is 2.88. The Morgan fingerprint density at radius 2 is 1.92 bits per heavy atom. The number of nitrogens with one attached hydrogen (secondary N) is 1. The van der Waals surface area contributed by atoms with Crippen LogP contribution in [0, 0.1) is 13.8 Å². The fourth-order valence-corrected chi connectivity index (χ4v) is 3.01. The lowest BCUT2D eigenvalue weighted by atomic mass is 10.1. The average molecular weight is 348 g/mol. The first-order valence-corrected chi connectivity index (χ1v) is 9.35. The van der Waals surface area contributed by atoms with E-state index >= 15 is 0 Å². The van der Waals surface area contributed by atoms with Crippen LogP contribution in [0.2, 0.25) is 0 Å². The minimum absolute atomic E-state index is 0.0866. The maximum Gasteiger partial charge on any atom is 0.317 e. The summed E-state index contributed by atoms with van der Waals surface area (Å²) in [5.41, 5.74) is 1.98. The number of amides is 2. The molecule has 0 unspecified atom stereocenters. The van der Waals surface area contributed by atoms with Crippen molar-refractivity contribution in [2.24, 2.45) is 0 Å². The molecule has 0 aliphatic heterocycles. The van der Waals surface area contributed by atoms with Gasteiger partial charge in [0.05, 0.1) is 6.04 Å². The third-order valence-corrected chi connectivity index (χ3v) is 5.11. The summed E-state index contributed by atoms with van der Waals surface area (Å²) in [7, 11) is 0.767. The second kappa shape index (κ2) is 7.66. The third kappa shape index (κ3) is 4.26. The molecule has 130 valence electrons. The number of urea groups is 1. The minimum Gasteiger partial charge on any atom is -0.466 e. The molecule has 0 bridgehead atoms. The van der Waals surface area contributed by atoms with E-state index in [9.17, 15) is 9.00 Å². The number of nitrogens with zero attached hydrogens (tertiary/aromatic N) is 1. The normalized spacial score (nSPS) is 13.4. The molecule has 0 spiro atoms. The van der Waals surface area contributed by atoms with Gasteiger partial charge in [-0.25, -0.2) is 4.79 Å². The van der Waals surface area contributed by atoms with Gasteiger partial charge in [0.15, 0.2) is 0 Å². The lowest BCUT2D eigenvalue weighted by Gasteiger charge is -2.25. The van der Waals surface area contributed by atoms with E-state index in [-0.39, 0.29) is 12.1 Å². The first-order valence-electron chi connectivity index (χ1n) is 7.79. The predicted molar refractivity (Wildman–Crippen MR) is 95.4 cm³/mol. The van der Waals surface area contributed by atoms with Gasteiger partial charge in [0.1, 0.15) is 11.5 Å². The number of carbonyl (C=O) groups excluding carboxylic acids is 1. The topological polar surface area (TPSA) is 62.6 Å². The zero-order valence-electron chi connectivity index (χ0n) is 14.8. The van der Waals surface area contributed by atoms with E-state index in [0.717, 1.165) is 27.5 Å². The number of aryl methyl sites for hydroxylation is 2. The van der Waals surface area contributed by atoms with Crippen LogP contribution in [-0.4, -0.2) is 28.4 Å². The Bertz CT molecular complexity index is 737. The Kier molecular flexibility index (Phi) is 5.83. The molecule has 1 aromatic heterocycles. The van der Waals surface area contributed by atoms with Crippen LogP contribution in [0.25, 0.3) is 0 Å². The van der Waals surface area contributed by atoms with Crippen LogP contribution in [-0.2, 0) is 17.3 Å².